The van der Waals surface area contributed by atoms with Gasteiger partial charge in [-0.1, -0.05) is 6.92 Å². The first-order valence-electron chi connectivity index (χ1n) is 9.48. The fraction of sp³-hybridized carbons (Fsp3) is 0.700. The molecule has 0 aliphatic carbocycles. The maximum absolute atomic E-state index is 6.03. The van der Waals surface area contributed by atoms with Gasteiger partial charge in [-0.05, 0) is 24.7 Å². The number of ether oxygens (including phenoxy) is 6. The molecule has 0 spiro atoms. The van der Waals surface area contributed by atoms with E-state index >= 15 is 0 Å². The van der Waals surface area contributed by atoms with E-state index in [4.69, 9.17) is 28.4 Å². The summed E-state index contributed by atoms with van der Waals surface area (Å²) in [4.78, 5) is 0. The van der Waals surface area contributed by atoms with Gasteiger partial charge in [0.25, 0.3) is 0 Å². The van der Waals surface area contributed by atoms with Crippen LogP contribution in [-0.2, 0) is 14.2 Å². The summed E-state index contributed by atoms with van der Waals surface area (Å²) in [6.45, 7) is 6.24. The molecule has 0 radical (unpaired) electrons. The third-order valence-corrected chi connectivity index (χ3v) is 4.67. The Morgan fingerprint density at radius 3 is 2.42 bits per heavy atom. The van der Waals surface area contributed by atoms with Crippen LogP contribution >= 0.6 is 0 Å². The first-order valence-corrected chi connectivity index (χ1v) is 9.48. The van der Waals surface area contributed by atoms with Crippen LogP contribution in [0.3, 0.4) is 0 Å². The molecule has 2 atom stereocenters. The molecule has 0 saturated carbocycles. The van der Waals surface area contributed by atoms with Gasteiger partial charge in [0, 0.05) is 44.9 Å². The highest BCUT2D eigenvalue weighted by atomic mass is 16.7. The van der Waals surface area contributed by atoms with Gasteiger partial charge in [0.15, 0.2) is 6.29 Å². The molecule has 2 aliphatic heterocycles. The van der Waals surface area contributed by atoms with Crippen molar-refractivity contribution in [1.29, 1.82) is 0 Å². The van der Waals surface area contributed by atoms with Gasteiger partial charge in [-0.2, -0.15) is 0 Å². The average molecular weight is 366 g/mol. The molecular weight excluding hydrogens is 336 g/mol. The van der Waals surface area contributed by atoms with Crippen molar-refractivity contribution in [2.24, 2.45) is 11.8 Å². The Morgan fingerprint density at radius 2 is 1.73 bits per heavy atom. The van der Waals surface area contributed by atoms with Crippen LogP contribution in [0.5, 0.6) is 17.2 Å². The minimum Gasteiger partial charge on any atom is -0.493 e. The minimum atomic E-state index is -0.206. The summed E-state index contributed by atoms with van der Waals surface area (Å²) >= 11 is 0. The Balaban J connectivity index is 1.62. The summed E-state index contributed by atoms with van der Waals surface area (Å²) in [5.74, 6) is 3.23. The molecule has 2 heterocycles. The SMILES string of the molecule is COCCOc1cc(OCC2CCOCC2)cc(OC2C[C@@H](C)CO2)c1. The van der Waals surface area contributed by atoms with Crippen molar-refractivity contribution in [3.05, 3.63) is 18.2 Å². The summed E-state index contributed by atoms with van der Waals surface area (Å²) in [5.41, 5.74) is 0. The first kappa shape index (κ1) is 19.3. The normalized spacial score (nSPS) is 23.8. The van der Waals surface area contributed by atoms with Gasteiger partial charge in [0.2, 0.25) is 0 Å². The van der Waals surface area contributed by atoms with E-state index in [1.807, 2.05) is 18.2 Å². The van der Waals surface area contributed by atoms with E-state index in [9.17, 15) is 0 Å². The maximum Gasteiger partial charge on any atom is 0.200 e. The molecule has 1 aromatic carbocycles. The number of hydrogen-bond acceptors (Lipinski definition) is 6. The van der Waals surface area contributed by atoms with Gasteiger partial charge in [-0.15, -0.1) is 0 Å². The maximum atomic E-state index is 6.03. The third kappa shape index (κ3) is 6.04. The molecule has 2 saturated heterocycles. The van der Waals surface area contributed by atoms with E-state index < -0.39 is 0 Å². The van der Waals surface area contributed by atoms with E-state index in [0.717, 1.165) is 44.8 Å². The zero-order chi connectivity index (χ0) is 18.2. The van der Waals surface area contributed by atoms with Crippen molar-refractivity contribution in [2.75, 3.05) is 46.8 Å². The third-order valence-electron chi connectivity index (χ3n) is 4.67. The lowest BCUT2D eigenvalue weighted by molar-refractivity contribution is -0.0396. The predicted molar refractivity (Wildman–Crippen MR) is 97.0 cm³/mol. The van der Waals surface area contributed by atoms with Crippen molar-refractivity contribution in [1.82, 2.24) is 0 Å². The number of methoxy groups -OCH3 is 1. The molecule has 0 bridgehead atoms. The Labute approximate surface area is 155 Å². The Bertz CT molecular complexity index is 543. The standard InChI is InChI=1S/C20H30O6/c1-15-9-20(25-13-15)26-19-11-17(23-8-7-21-2)10-18(12-19)24-14-16-3-5-22-6-4-16/h10-12,15-16,20H,3-9,13-14H2,1-2H3/t15-,20?/m1/s1. The van der Waals surface area contributed by atoms with Crippen molar-refractivity contribution < 1.29 is 28.4 Å². The minimum absolute atomic E-state index is 0.206. The largest absolute Gasteiger partial charge is 0.493 e. The van der Waals surface area contributed by atoms with Crippen LogP contribution in [0.25, 0.3) is 0 Å². The smallest absolute Gasteiger partial charge is 0.200 e. The molecule has 1 aromatic rings. The summed E-state index contributed by atoms with van der Waals surface area (Å²) in [5, 5.41) is 0. The molecule has 6 nitrogen and oxygen atoms in total. The van der Waals surface area contributed by atoms with Gasteiger partial charge in [0.05, 0.1) is 19.8 Å². The Kier molecular flexibility index (Phi) is 7.41. The van der Waals surface area contributed by atoms with Crippen LogP contribution in [0.4, 0.5) is 0 Å². The average Bonchev–Trinajstić information content (AvgIpc) is 3.06. The van der Waals surface area contributed by atoms with E-state index in [1.54, 1.807) is 7.11 Å². The fourth-order valence-electron chi connectivity index (χ4n) is 3.12. The lowest BCUT2D eigenvalue weighted by Crippen LogP contribution is -2.21. The molecule has 1 unspecified atom stereocenters. The highest BCUT2D eigenvalue weighted by Crippen LogP contribution is 2.31. The topological polar surface area (TPSA) is 55.4 Å². The molecule has 2 fully saturated rings. The van der Waals surface area contributed by atoms with Crippen molar-refractivity contribution >= 4 is 0 Å². The summed E-state index contributed by atoms with van der Waals surface area (Å²) in [6.07, 6.45) is 2.78. The van der Waals surface area contributed by atoms with Crippen LogP contribution in [0.1, 0.15) is 26.2 Å². The second-order valence-corrected chi connectivity index (χ2v) is 7.07. The van der Waals surface area contributed by atoms with Crippen LogP contribution < -0.4 is 14.2 Å². The highest BCUT2D eigenvalue weighted by molar-refractivity contribution is 5.42. The second kappa shape index (κ2) is 10.00. The van der Waals surface area contributed by atoms with Gasteiger partial charge in [0.1, 0.15) is 23.9 Å². The van der Waals surface area contributed by atoms with Crippen molar-refractivity contribution in [3.8, 4) is 17.2 Å². The molecule has 0 amide bonds. The van der Waals surface area contributed by atoms with Crippen LogP contribution in [0, 0.1) is 11.8 Å². The van der Waals surface area contributed by atoms with Gasteiger partial charge in [-0.25, -0.2) is 0 Å². The monoisotopic (exact) mass is 366 g/mol. The zero-order valence-corrected chi connectivity index (χ0v) is 15.8. The predicted octanol–water partition coefficient (Wildman–Crippen LogP) is 3.28. The van der Waals surface area contributed by atoms with Gasteiger partial charge in [-0.3, -0.25) is 0 Å². The Morgan fingerprint density at radius 1 is 1.00 bits per heavy atom. The van der Waals surface area contributed by atoms with Crippen LogP contribution in [-0.4, -0.2) is 53.0 Å². The zero-order valence-electron chi connectivity index (χ0n) is 15.8. The number of rotatable bonds is 9. The van der Waals surface area contributed by atoms with Crippen LogP contribution in [0.2, 0.25) is 0 Å². The van der Waals surface area contributed by atoms with E-state index in [0.29, 0.717) is 43.2 Å². The van der Waals surface area contributed by atoms with E-state index in [-0.39, 0.29) is 6.29 Å². The Hall–Kier alpha value is -1.50. The molecular formula is C20H30O6. The summed E-state index contributed by atoms with van der Waals surface area (Å²) in [6, 6.07) is 5.69. The molecule has 6 heteroatoms. The molecule has 2 aliphatic rings. The lowest BCUT2D eigenvalue weighted by Gasteiger charge is -2.22. The first-order chi connectivity index (χ1) is 12.7. The lowest BCUT2D eigenvalue weighted by atomic mass is 10.0. The highest BCUT2D eigenvalue weighted by Gasteiger charge is 2.24. The molecule has 146 valence electrons. The quantitative estimate of drug-likeness (QED) is 0.625. The van der Waals surface area contributed by atoms with Gasteiger partial charge >= 0.3 is 0 Å². The van der Waals surface area contributed by atoms with Crippen molar-refractivity contribution in [3.63, 3.8) is 0 Å². The summed E-state index contributed by atoms with van der Waals surface area (Å²) < 4.78 is 33.9. The second-order valence-electron chi connectivity index (χ2n) is 7.07. The number of hydrogen-bond donors (Lipinski definition) is 0. The molecule has 3 rings (SSSR count). The summed E-state index contributed by atoms with van der Waals surface area (Å²) in [7, 11) is 1.66. The van der Waals surface area contributed by atoms with Crippen LogP contribution in [0.15, 0.2) is 18.2 Å². The van der Waals surface area contributed by atoms with E-state index in [2.05, 4.69) is 6.92 Å². The molecule has 26 heavy (non-hydrogen) atoms. The van der Waals surface area contributed by atoms with Gasteiger partial charge < -0.3 is 28.4 Å². The van der Waals surface area contributed by atoms with Crippen molar-refractivity contribution in [2.45, 2.75) is 32.5 Å². The van der Waals surface area contributed by atoms with E-state index in [1.165, 1.54) is 0 Å². The molecule has 0 aromatic heterocycles. The fourth-order valence-corrected chi connectivity index (χ4v) is 3.12. The number of benzene rings is 1. The molecule has 0 N–H and O–H groups in total.